The first-order valence-corrected chi connectivity index (χ1v) is 10.7. The number of nitrogens with zero attached hydrogens (tertiary/aromatic N) is 2. The van der Waals surface area contributed by atoms with Crippen LogP contribution in [0.15, 0.2) is 60.9 Å². The second-order valence-corrected chi connectivity index (χ2v) is 8.01. The molecule has 162 valence electrons. The molecule has 0 aliphatic carbocycles. The molecule has 32 heavy (non-hydrogen) atoms. The number of ether oxygens (including phenoxy) is 2. The summed E-state index contributed by atoms with van der Waals surface area (Å²) in [6, 6.07) is 16.0. The van der Waals surface area contributed by atoms with Gasteiger partial charge in [0.25, 0.3) is 5.91 Å². The number of hydrogen-bond acceptors (Lipinski definition) is 4. The molecular weight excluding hydrogens is 402 g/mol. The van der Waals surface area contributed by atoms with Crippen LogP contribution >= 0.6 is 0 Å². The Bertz CT molecular complexity index is 1290. The maximum absolute atomic E-state index is 12.9. The molecule has 0 atom stereocenters. The fraction of sp³-hybridized carbons (Fsp3) is 0.231. The van der Waals surface area contributed by atoms with Crippen LogP contribution in [-0.4, -0.2) is 54.2 Å². The molecule has 1 aliphatic rings. The van der Waals surface area contributed by atoms with Gasteiger partial charge in [-0.1, -0.05) is 23.8 Å². The van der Waals surface area contributed by atoms with E-state index in [1.54, 1.807) is 7.11 Å². The summed E-state index contributed by atoms with van der Waals surface area (Å²) in [4.78, 5) is 22.7. The summed E-state index contributed by atoms with van der Waals surface area (Å²) >= 11 is 0. The molecule has 0 saturated carbocycles. The molecule has 5 rings (SSSR count). The Balaban J connectivity index is 1.54. The summed E-state index contributed by atoms with van der Waals surface area (Å²) in [7, 11) is 1.68. The monoisotopic (exact) mass is 427 g/mol. The third kappa shape index (κ3) is 3.74. The molecule has 3 heterocycles. The number of methoxy groups -OCH3 is 1. The van der Waals surface area contributed by atoms with E-state index in [0.29, 0.717) is 31.9 Å². The van der Waals surface area contributed by atoms with E-state index in [-0.39, 0.29) is 5.91 Å². The number of pyridine rings is 1. The Hall–Kier alpha value is -3.64. The highest BCUT2D eigenvalue weighted by Gasteiger charge is 2.19. The van der Waals surface area contributed by atoms with Crippen LogP contribution in [0.4, 0.5) is 0 Å². The largest absolute Gasteiger partial charge is 0.496 e. The quantitative estimate of drug-likeness (QED) is 0.513. The van der Waals surface area contributed by atoms with Gasteiger partial charge < -0.3 is 19.4 Å². The number of benzene rings is 2. The van der Waals surface area contributed by atoms with Crippen molar-refractivity contribution in [2.45, 2.75) is 6.92 Å². The molecule has 6 nitrogen and oxygen atoms in total. The van der Waals surface area contributed by atoms with Gasteiger partial charge >= 0.3 is 0 Å². The van der Waals surface area contributed by atoms with Gasteiger partial charge in [0, 0.05) is 53.1 Å². The third-order valence-corrected chi connectivity index (χ3v) is 5.92. The number of H-pyrrole nitrogens is 1. The molecule has 4 aromatic rings. The van der Waals surface area contributed by atoms with Crippen LogP contribution in [0.2, 0.25) is 0 Å². The maximum atomic E-state index is 12.9. The zero-order valence-electron chi connectivity index (χ0n) is 18.2. The van der Waals surface area contributed by atoms with Gasteiger partial charge in [0.15, 0.2) is 0 Å². The van der Waals surface area contributed by atoms with Crippen molar-refractivity contribution in [1.29, 1.82) is 0 Å². The summed E-state index contributed by atoms with van der Waals surface area (Å²) in [6.45, 7) is 4.50. The van der Waals surface area contributed by atoms with Crippen LogP contribution in [0.1, 0.15) is 15.9 Å². The van der Waals surface area contributed by atoms with E-state index in [1.807, 2.05) is 53.7 Å². The first kappa shape index (κ1) is 20.3. The number of aromatic amines is 1. The minimum absolute atomic E-state index is 0.0380. The lowest BCUT2D eigenvalue weighted by atomic mass is 9.99. The third-order valence-electron chi connectivity index (χ3n) is 5.92. The first-order chi connectivity index (χ1) is 15.6. The van der Waals surface area contributed by atoms with E-state index in [4.69, 9.17) is 9.47 Å². The smallest absolute Gasteiger partial charge is 0.254 e. The summed E-state index contributed by atoms with van der Waals surface area (Å²) in [5.74, 6) is 0.857. The maximum Gasteiger partial charge on any atom is 0.254 e. The molecule has 1 N–H and O–H groups in total. The second kappa shape index (κ2) is 8.48. The minimum Gasteiger partial charge on any atom is -0.496 e. The SMILES string of the molecule is COc1ccc(C)cc1-c1c[nH]c2ncc(-c3cccc(C(=O)N4CCOCC4)c3)cc12. The molecule has 0 radical (unpaired) electrons. The highest BCUT2D eigenvalue weighted by Crippen LogP contribution is 2.36. The Kier molecular flexibility index (Phi) is 5.37. The van der Waals surface area contributed by atoms with Gasteiger partial charge in [-0.2, -0.15) is 0 Å². The summed E-state index contributed by atoms with van der Waals surface area (Å²) in [5.41, 5.74) is 6.63. The Morgan fingerprint density at radius 2 is 1.91 bits per heavy atom. The minimum atomic E-state index is 0.0380. The van der Waals surface area contributed by atoms with Gasteiger partial charge in [-0.15, -0.1) is 0 Å². The molecule has 2 aromatic heterocycles. The summed E-state index contributed by atoms with van der Waals surface area (Å²) in [6.07, 6.45) is 3.81. The van der Waals surface area contributed by atoms with Crippen LogP contribution in [0.5, 0.6) is 5.75 Å². The van der Waals surface area contributed by atoms with Gasteiger partial charge in [-0.05, 0) is 42.8 Å². The number of aromatic nitrogens is 2. The van der Waals surface area contributed by atoms with Crippen molar-refractivity contribution in [3.63, 3.8) is 0 Å². The van der Waals surface area contributed by atoms with Crippen LogP contribution in [0.3, 0.4) is 0 Å². The van der Waals surface area contributed by atoms with Crippen molar-refractivity contribution in [2.75, 3.05) is 33.4 Å². The average Bonchev–Trinajstić information content (AvgIpc) is 3.27. The van der Waals surface area contributed by atoms with E-state index in [0.717, 1.165) is 44.6 Å². The zero-order chi connectivity index (χ0) is 22.1. The summed E-state index contributed by atoms with van der Waals surface area (Å²) < 4.78 is 11.0. The van der Waals surface area contributed by atoms with Gasteiger partial charge in [-0.3, -0.25) is 4.79 Å². The van der Waals surface area contributed by atoms with Crippen molar-refractivity contribution in [2.24, 2.45) is 0 Å². The zero-order valence-corrected chi connectivity index (χ0v) is 18.2. The van der Waals surface area contributed by atoms with E-state index < -0.39 is 0 Å². The van der Waals surface area contributed by atoms with Crippen molar-refractivity contribution in [3.8, 4) is 28.0 Å². The highest BCUT2D eigenvalue weighted by atomic mass is 16.5. The molecule has 0 spiro atoms. The molecule has 0 bridgehead atoms. The van der Waals surface area contributed by atoms with Crippen molar-refractivity contribution in [1.82, 2.24) is 14.9 Å². The van der Waals surface area contributed by atoms with E-state index in [9.17, 15) is 4.79 Å². The van der Waals surface area contributed by atoms with E-state index >= 15 is 0 Å². The molecular formula is C26H25N3O3. The standard InChI is InChI=1S/C26H25N3O3/c1-17-6-7-24(31-2)21(12-17)23-16-28-25-22(23)14-20(15-27-25)18-4-3-5-19(13-18)26(30)29-8-10-32-11-9-29/h3-7,12-16H,8-11H2,1-2H3,(H,27,28). The Labute approximate surface area is 186 Å². The topological polar surface area (TPSA) is 67.5 Å². The van der Waals surface area contributed by atoms with Gasteiger partial charge in [0.2, 0.25) is 0 Å². The number of rotatable bonds is 4. The number of carbonyl (C=O) groups is 1. The molecule has 1 saturated heterocycles. The highest BCUT2D eigenvalue weighted by molar-refractivity contribution is 5.98. The van der Waals surface area contributed by atoms with Crippen molar-refractivity contribution in [3.05, 3.63) is 72.1 Å². The Morgan fingerprint density at radius 3 is 2.72 bits per heavy atom. The van der Waals surface area contributed by atoms with Gasteiger partial charge in [0.1, 0.15) is 11.4 Å². The number of morpholine rings is 1. The number of carbonyl (C=O) groups excluding carboxylic acids is 1. The average molecular weight is 428 g/mol. The van der Waals surface area contributed by atoms with Crippen LogP contribution < -0.4 is 4.74 Å². The number of amides is 1. The van der Waals surface area contributed by atoms with Crippen molar-refractivity contribution < 1.29 is 14.3 Å². The predicted molar refractivity (Wildman–Crippen MR) is 125 cm³/mol. The lowest BCUT2D eigenvalue weighted by molar-refractivity contribution is 0.0303. The summed E-state index contributed by atoms with van der Waals surface area (Å²) in [5, 5.41) is 1.01. The molecule has 1 aliphatic heterocycles. The van der Waals surface area contributed by atoms with Crippen molar-refractivity contribution >= 4 is 16.9 Å². The second-order valence-electron chi connectivity index (χ2n) is 8.01. The fourth-order valence-corrected chi connectivity index (χ4v) is 4.20. The number of hydrogen-bond donors (Lipinski definition) is 1. The Morgan fingerprint density at radius 1 is 1.06 bits per heavy atom. The van der Waals surface area contributed by atoms with E-state index in [2.05, 4.69) is 29.0 Å². The lowest BCUT2D eigenvalue weighted by Crippen LogP contribution is -2.40. The normalized spacial score (nSPS) is 14.0. The fourth-order valence-electron chi connectivity index (χ4n) is 4.20. The van der Waals surface area contributed by atoms with Crippen LogP contribution in [0, 0.1) is 6.92 Å². The first-order valence-electron chi connectivity index (χ1n) is 10.7. The molecule has 1 fully saturated rings. The predicted octanol–water partition coefficient (Wildman–Crippen LogP) is 4.69. The van der Waals surface area contributed by atoms with E-state index in [1.165, 1.54) is 0 Å². The lowest BCUT2D eigenvalue weighted by Gasteiger charge is -2.27. The number of aryl methyl sites for hydroxylation is 1. The molecule has 2 aromatic carbocycles. The van der Waals surface area contributed by atoms with Crippen LogP contribution in [0.25, 0.3) is 33.3 Å². The number of fused-ring (bicyclic) bond motifs is 1. The van der Waals surface area contributed by atoms with Crippen LogP contribution in [-0.2, 0) is 4.74 Å². The molecule has 6 heteroatoms. The molecule has 0 unspecified atom stereocenters. The van der Waals surface area contributed by atoms with Gasteiger partial charge in [0.05, 0.1) is 20.3 Å². The number of nitrogens with one attached hydrogen (secondary N) is 1. The van der Waals surface area contributed by atoms with Gasteiger partial charge in [-0.25, -0.2) is 4.98 Å². The molecule has 1 amide bonds.